The summed E-state index contributed by atoms with van der Waals surface area (Å²) < 4.78 is 61.6. The van der Waals surface area contributed by atoms with Gasteiger partial charge in [-0.15, -0.1) is 0 Å². The van der Waals surface area contributed by atoms with Gasteiger partial charge in [0.1, 0.15) is 35.9 Å². The van der Waals surface area contributed by atoms with Crippen LogP contribution in [0.5, 0.6) is 11.8 Å². The van der Waals surface area contributed by atoms with Gasteiger partial charge in [-0.2, -0.15) is 23.1 Å². The van der Waals surface area contributed by atoms with Gasteiger partial charge in [-0.3, -0.25) is 9.88 Å². The molecule has 4 saturated heterocycles. The number of benzene rings is 2. The number of anilines is 1. The number of phenolic OH excluding ortho intramolecular Hbond substituents is 1. The third kappa shape index (κ3) is 5.39. The van der Waals surface area contributed by atoms with E-state index >= 15 is 4.39 Å². The van der Waals surface area contributed by atoms with E-state index in [9.17, 15) is 23.1 Å². The molecular weight excluding hydrogens is 630 g/mol. The third-order valence-electron chi connectivity index (χ3n) is 10.5. The molecule has 4 aliphatic rings. The van der Waals surface area contributed by atoms with Crippen molar-refractivity contribution < 1.29 is 32.2 Å². The Hall–Kier alpha value is -4.46. The van der Waals surface area contributed by atoms with Crippen LogP contribution in [0.2, 0.25) is 0 Å². The van der Waals surface area contributed by atoms with Crippen LogP contribution in [0.3, 0.4) is 0 Å². The first-order chi connectivity index (χ1) is 23.1. The van der Waals surface area contributed by atoms with Crippen molar-refractivity contribution in [1.29, 1.82) is 0 Å². The predicted octanol–water partition coefficient (Wildman–Crippen LogP) is 5.62. The van der Waals surface area contributed by atoms with Gasteiger partial charge in [-0.1, -0.05) is 24.3 Å². The SMILES string of the molecule is O=C(NCC(F)(F)F)N1C2CCC1CN(c1nc(OCC34CCCN3CCC4)nc3c(F)c(-c4cc(O)cc5ccccc45)ncc13)C2. The highest BCUT2D eigenvalue weighted by Gasteiger charge is 2.46. The fourth-order valence-corrected chi connectivity index (χ4v) is 8.34. The minimum Gasteiger partial charge on any atom is -0.508 e. The van der Waals surface area contributed by atoms with Crippen LogP contribution >= 0.6 is 0 Å². The number of aromatic hydroxyl groups is 1. The molecule has 2 unspecified atom stereocenters. The molecule has 0 spiro atoms. The number of ether oxygens (including phenoxy) is 1. The number of hydrogen-bond acceptors (Lipinski definition) is 8. The molecule has 0 radical (unpaired) electrons. The number of nitrogens with zero attached hydrogens (tertiary/aromatic N) is 6. The first kappa shape index (κ1) is 30.8. The van der Waals surface area contributed by atoms with Crippen LogP contribution < -0.4 is 15.0 Å². The Kier molecular flexibility index (Phi) is 7.46. The van der Waals surface area contributed by atoms with Crippen molar-refractivity contribution in [2.24, 2.45) is 0 Å². The van der Waals surface area contributed by atoms with Crippen LogP contribution in [0.25, 0.3) is 32.9 Å². The van der Waals surface area contributed by atoms with Crippen LogP contribution in [0.1, 0.15) is 38.5 Å². The molecule has 2 atom stereocenters. The van der Waals surface area contributed by atoms with Crippen LogP contribution in [-0.2, 0) is 0 Å². The standard InChI is InChI=1S/C34H35F4N7O3/c35-27-28(25-14-23(46)13-20-5-1-2-6-24(20)25)39-15-26-29(27)41-31(48-19-33-9-3-11-44(33)12-4-10-33)42-30(26)43-16-21-7-8-22(17-43)45(21)32(47)40-18-34(36,37)38/h1-2,5-6,13-15,21-22,46H,3-4,7-12,16-19H2,(H,40,47). The van der Waals surface area contributed by atoms with Gasteiger partial charge in [0.15, 0.2) is 5.82 Å². The molecule has 2 aromatic carbocycles. The van der Waals surface area contributed by atoms with Crippen LogP contribution in [0.15, 0.2) is 42.6 Å². The number of rotatable bonds is 6. The summed E-state index contributed by atoms with van der Waals surface area (Å²) in [4.78, 5) is 32.6. The summed E-state index contributed by atoms with van der Waals surface area (Å²) >= 11 is 0. The third-order valence-corrected chi connectivity index (χ3v) is 10.5. The molecule has 2 N–H and O–H groups in total. The normalized spacial score (nSPS) is 22.1. The van der Waals surface area contributed by atoms with Crippen LogP contribution in [0, 0.1) is 5.82 Å². The Morgan fingerprint density at radius 1 is 1.04 bits per heavy atom. The number of carbonyl (C=O) groups is 1. The Labute approximate surface area is 273 Å². The highest BCUT2D eigenvalue weighted by Crippen LogP contribution is 2.41. The second-order valence-electron chi connectivity index (χ2n) is 13.4. The van der Waals surface area contributed by atoms with E-state index in [1.807, 2.05) is 34.5 Å². The zero-order chi connectivity index (χ0) is 33.2. The minimum atomic E-state index is -4.51. The maximum absolute atomic E-state index is 16.7. The van der Waals surface area contributed by atoms with Gasteiger partial charge in [0.25, 0.3) is 0 Å². The summed E-state index contributed by atoms with van der Waals surface area (Å²) in [6.07, 6.45) is 2.41. The van der Waals surface area contributed by atoms with Crippen molar-refractivity contribution in [2.75, 3.05) is 44.2 Å². The molecule has 6 heterocycles. The van der Waals surface area contributed by atoms with Gasteiger partial charge >= 0.3 is 18.2 Å². The van der Waals surface area contributed by atoms with Gasteiger partial charge in [0.2, 0.25) is 0 Å². The van der Waals surface area contributed by atoms with Crippen molar-refractivity contribution in [2.45, 2.75) is 62.3 Å². The minimum absolute atomic E-state index is 0.0114. The fourth-order valence-electron chi connectivity index (χ4n) is 8.34. The molecule has 2 bridgehead atoms. The van der Waals surface area contributed by atoms with Crippen LogP contribution in [-0.4, -0.2) is 99.0 Å². The van der Waals surface area contributed by atoms with Crippen LogP contribution in [0.4, 0.5) is 28.2 Å². The number of hydrogen-bond donors (Lipinski definition) is 2. The molecule has 8 rings (SSSR count). The lowest BCUT2D eigenvalue weighted by molar-refractivity contribution is -0.123. The van der Waals surface area contributed by atoms with E-state index < -0.39 is 24.6 Å². The highest BCUT2D eigenvalue weighted by molar-refractivity contribution is 6.00. The average Bonchev–Trinajstić information content (AvgIpc) is 3.72. The Morgan fingerprint density at radius 3 is 2.50 bits per heavy atom. The number of halogens is 4. The van der Waals surface area contributed by atoms with E-state index in [1.54, 1.807) is 6.07 Å². The monoisotopic (exact) mass is 665 g/mol. The number of fused-ring (bicyclic) bond motifs is 5. The van der Waals surface area contributed by atoms with E-state index in [0.29, 0.717) is 54.7 Å². The second kappa shape index (κ2) is 11.6. The van der Waals surface area contributed by atoms with Gasteiger partial charge in [0.05, 0.1) is 23.0 Å². The Bertz CT molecular complexity index is 1880. The predicted molar refractivity (Wildman–Crippen MR) is 170 cm³/mol. The first-order valence-electron chi connectivity index (χ1n) is 16.4. The van der Waals surface area contributed by atoms with Gasteiger partial charge < -0.3 is 25.0 Å². The Morgan fingerprint density at radius 2 is 1.77 bits per heavy atom. The molecular formula is C34H35F4N7O3. The molecule has 4 fully saturated rings. The zero-order valence-corrected chi connectivity index (χ0v) is 26.1. The number of pyridine rings is 1. The number of nitrogens with one attached hydrogen (secondary N) is 1. The second-order valence-corrected chi connectivity index (χ2v) is 13.4. The molecule has 2 amide bonds. The van der Waals surface area contributed by atoms with Crippen molar-refractivity contribution in [3.05, 3.63) is 48.4 Å². The quantitative estimate of drug-likeness (QED) is 0.256. The van der Waals surface area contributed by atoms with Crippen molar-refractivity contribution >= 4 is 33.5 Å². The zero-order valence-electron chi connectivity index (χ0n) is 26.1. The molecule has 4 aliphatic heterocycles. The van der Waals surface area contributed by atoms with E-state index in [0.717, 1.165) is 44.2 Å². The molecule has 10 nitrogen and oxygen atoms in total. The number of urea groups is 1. The van der Waals surface area contributed by atoms with E-state index in [-0.39, 0.29) is 40.6 Å². The largest absolute Gasteiger partial charge is 0.508 e. The summed E-state index contributed by atoms with van der Waals surface area (Å²) in [6, 6.07) is 8.99. The topological polar surface area (TPSA) is 107 Å². The smallest absolute Gasteiger partial charge is 0.405 e. The van der Waals surface area contributed by atoms with Crippen molar-refractivity contribution in [3.8, 4) is 23.0 Å². The van der Waals surface area contributed by atoms with Gasteiger partial charge in [-0.25, -0.2) is 9.18 Å². The Balaban J connectivity index is 1.18. The number of alkyl halides is 3. The number of aromatic nitrogens is 3. The number of piperazine rings is 1. The molecule has 0 aliphatic carbocycles. The van der Waals surface area contributed by atoms with E-state index in [2.05, 4.69) is 14.9 Å². The number of phenols is 1. The van der Waals surface area contributed by atoms with E-state index in [4.69, 9.17) is 9.72 Å². The summed E-state index contributed by atoms with van der Waals surface area (Å²) in [7, 11) is 0. The summed E-state index contributed by atoms with van der Waals surface area (Å²) in [5, 5.41) is 14.3. The van der Waals surface area contributed by atoms with E-state index in [1.165, 1.54) is 17.2 Å². The molecule has 2 aromatic heterocycles. The lowest BCUT2D eigenvalue weighted by atomic mass is 9.95. The number of carbonyl (C=O) groups excluding carboxylic acids is 1. The molecule has 14 heteroatoms. The summed E-state index contributed by atoms with van der Waals surface area (Å²) in [5.41, 5.74) is 0.343. The maximum Gasteiger partial charge on any atom is 0.405 e. The molecule has 48 heavy (non-hydrogen) atoms. The molecule has 0 saturated carbocycles. The molecule has 4 aromatic rings. The fraction of sp³-hybridized carbons (Fsp3) is 0.471. The van der Waals surface area contributed by atoms with Gasteiger partial charge in [-0.05, 0) is 74.5 Å². The lowest BCUT2D eigenvalue weighted by Crippen LogP contribution is -2.59. The van der Waals surface area contributed by atoms with Crippen molar-refractivity contribution in [3.63, 3.8) is 0 Å². The lowest BCUT2D eigenvalue weighted by Gasteiger charge is -2.41. The average molecular weight is 666 g/mol. The van der Waals surface area contributed by atoms with Crippen molar-refractivity contribution in [1.82, 2.24) is 30.1 Å². The van der Waals surface area contributed by atoms with Gasteiger partial charge in [0, 0.05) is 24.8 Å². The highest BCUT2D eigenvalue weighted by atomic mass is 19.4. The number of amides is 2. The molecule has 252 valence electrons. The first-order valence-corrected chi connectivity index (χ1v) is 16.4. The summed E-state index contributed by atoms with van der Waals surface area (Å²) in [5.74, 6) is -0.318. The summed E-state index contributed by atoms with van der Waals surface area (Å²) in [6.45, 7) is 1.58. The maximum atomic E-state index is 16.7.